The van der Waals surface area contributed by atoms with Crippen molar-refractivity contribution in [3.05, 3.63) is 29.6 Å². The molecule has 0 radical (unpaired) electrons. The van der Waals surface area contributed by atoms with Crippen molar-refractivity contribution in [2.75, 3.05) is 19.8 Å². The molecule has 2 amide bonds. The molecule has 19 heavy (non-hydrogen) atoms. The van der Waals surface area contributed by atoms with Crippen molar-refractivity contribution in [2.45, 2.75) is 5.54 Å². The normalized spacial score (nSPS) is 11.1. The summed E-state index contributed by atoms with van der Waals surface area (Å²) in [5.74, 6) is -1.37. The van der Waals surface area contributed by atoms with E-state index in [1.54, 1.807) is 0 Å². The van der Waals surface area contributed by atoms with Gasteiger partial charge in [-0.05, 0) is 12.1 Å². The highest BCUT2D eigenvalue weighted by atomic mass is 16.3. The standard InChI is InChI=1S/C11H15N3O5/c12-9(18)7-1-2-8(13-3-7)10(19)14-11(4-15,5-16)6-17/h1-3,15-17H,4-6H2,(H2,12,18)(H,14,19). The maximum absolute atomic E-state index is 11.8. The Kier molecular flexibility index (Phi) is 4.93. The van der Waals surface area contributed by atoms with Crippen LogP contribution in [0.3, 0.4) is 0 Å². The Labute approximate surface area is 108 Å². The van der Waals surface area contributed by atoms with E-state index in [4.69, 9.17) is 21.1 Å². The second kappa shape index (κ2) is 6.23. The van der Waals surface area contributed by atoms with Gasteiger partial charge in [-0.1, -0.05) is 0 Å². The molecule has 6 N–H and O–H groups in total. The minimum atomic E-state index is -1.53. The summed E-state index contributed by atoms with van der Waals surface area (Å²) in [4.78, 5) is 26.4. The summed E-state index contributed by atoms with van der Waals surface area (Å²) in [6.45, 7) is -1.90. The minimum absolute atomic E-state index is 0.0373. The van der Waals surface area contributed by atoms with Crippen molar-refractivity contribution in [2.24, 2.45) is 5.73 Å². The van der Waals surface area contributed by atoms with Crippen LogP contribution in [0.2, 0.25) is 0 Å². The van der Waals surface area contributed by atoms with E-state index < -0.39 is 37.2 Å². The SMILES string of the molecule is NC(=O)c1ccc(C(=O)NC(CO)(CO)CO)nc1. The van der Waals surface area contributed by atoms with Crippen LogP contribution >= 0.6 is 0 Å². The van der Waals surface area contributed by atoms with Crippen LogP contribution in [0.25, 0.3) is 0 Å². The van der Waals surface area contributed by atoms with Crippen molar-refractivity contribution >= 4 is 11.8 Å². The lowest BCUT2D eigenvalue weighted by atomic mass is 10.0. The number of rotatable bonds is 6. The number of hydrogen-bond acceptors (Lipinski definition) is 6. The molecule has 1 rings (SSSR count). The molecule has 0 spiro atoms. The number of aromatic nitrogens is 1. The van der Waals surface area contributed by atoms with Crippen LogP contribution in [-0.2, 0) is 0 Å². The number of aliphatic hydroxyl groups is 3. The Hall–Kier alpha value is -2.03. The first-order chi connectivity index (χ1) is 8.98. The molecular weight excluding hydrogens is 254 g/mol. The van der Waals surface area contributed by atoms with E-state index in [9.17, 15) is 9.59 Å². The number of amides is 2. The number of nitrogens with two attached hydrogens (primary N) is 1. The monoisotopic (exact) mass is 269 g/mol. The molecule has 0 saturated carbocycles. The molecule has 1 aromatic rings. The largest absolute Gasteiger partial charge is 0.394 e. The molecule has 0 aromatic carbocycles. The van der Waals surface area contributed by atoms with Crippen LogP contribution in [0, 0.1) is 0 Å². The van der Waals surface area contributed by atoms with Crippen molar-refractivity contribution in [3.8, 4) is 0 Å². The summed E-state index contributed by atoms with van der Waals surface area (Å²) < 4.78 is 0. The first-order valence-electron chi connectivity index (χ1n) is 5.39. The fraction of sp³-hybridized carbons (Fsp3) is 0.364. The third-order valence-electron chi connectivity index (χ3n) is 2.57. The number of primary amides is 1. The number of nitrogens with one attached hydrogen (secondary N) is 1. The zero-order chi connectivity index (χ0) is 14.5. The molecule has 8 heteroatoms. The van der Waals surface area contributed by atoms with E-state index in [0.717, 1.165) is 6.20 Å². The van der Waals surface area contributed by atoms with E-state index in [2.05, 4.69) is 10.3 Å². The number of aliphatic hydroxyl groups excluding tert-OH is 3. The second-order valence-corrected chi connectivity index (χ2v) is 4.01. The molecule has 8 nitrogen and oxygen atoms in total. The summed E-state index contributed by atoms with van der Waals surface area (Å²) in [6.07, 6.45) is 1.13. The summed E-state index contributed by atoms with van der Waals surface area (Å²) in [6, 6.07) is 2.59. The van der Waals surface area contributed by atoms with Gasteiger partial charge in [0.2, 0.25) is 5.91 Å². The van der Waals surface area contributed by atoms with Crippen molar-refractivity contribution < 1.29 is 24.9 Å². The van der Waals surface area contributed by atoms with Gasteiger partial charge in [-0.15, -0.1) is 0 Å². The van der Waals surface area contributed by atoms with Gasteiger partial charge in [0.1, 0.15) is 11.2 Å². The first-order valence-corrected chi connectivity index (χ1v) is 5.39. The van der Waals surface area contributed by atoms with Gasteiger partial charge in [0.05, 0.1) is 25.4 Å². The van der Waals surface area contributed by atoms with Gasteiger partial charge in [0.15, 0.2) is 0 Å². The third kappa shape index (κ3) is 3.47. The van der Waals surface area contributed by atoms with Gasteiger partial charge in [-0.2, -0.15) is 0 Å². The molecule has 0 aliphatic carbocycles. The van der Waals surface area contributed by atoms with Gasteiger partial charge in [0, 0.05) is 6.20 Å². The maximum atomic E-state index is 11.8. The summed E-state index contributed by atoms with van der Waals surface area (Å²) in [5.41, 5.74) is 3.61. The lowest BCUT2D eigenvalue weighted by Gasteiger charge is -2.28. The van der Waals surface area contributed by atoms with Gasteiger partial charge in [-0.3, -0.25) is 14.6 Å². The van der Waals surface area contributed by atoms with Gasteiger partial charge < -0.3 is 26.4 Å². The summed E-state index contributed by atoms with van der Waals surface area (Å²) in [5, 5.41) is 29.5. The fourth-order valence-corrected chi connectivity index (χ4v) is 1.25. The quantitative estimate of drug-likeness (QED) is 0.390. The highest BCUT2D eigenvalue weighted by Gasteiger charge is 2.30. The lowest BCUT2D eigenvalue weighted by Crippen LogP contribution is -2.57. The van der Waals surface area contributed by atoms with Crippen LogP contribution in [0.5, 0.6) is 0 Å². The molecule has 0 atom stereocenters. The number of carbonyl (C=O) groups excluding carboxylic acids is 2. The minimum Gasteiger partial charge on any atom is -0.394 e. The summed E-state index contributed by atoms with van der Waals surface area (Å²) >= 11 is 0. The molecule has 1 aromatic heterocycles. The predicted octanol–water partition coefficient (Wildman–Crippen LogP) is -2.37. The van der Waals surface area contributed by atoms with Crippen LogP contribution in [0.1, 0.15) is 20.8 Å². The van der Waals surface area contributed by atoms with E-state index in [1.165, 1.54) is 12.1 Å². The third-order valence-corrected chi connectivity index (χ3v) is 2.57. The maximum Gasteiger partial charge on any atom is 0.270 e. The molecule has 0 bridgehead atoms. The van der Waals surface area contributed by atoms with E-state index in [-0.39, 0.29) is 11.3 Å². The smallest absolute Gasteiger partial charge is 0.270 e. The van der Waals surface area contributed by atoms with E-state index in [0.29, 0.717) is 0 Å². The zero-order valence-electron chi connectivity index (χ0n) is 10.0. The number of hydrogen-bond donors (Lipinski definition) is 5. The number of pyridine rings is 1. The predicted molar refractivity (Wildman–Crippen MR) is 64.2 cm³/mol. The second-order valence-electron chi connectivity index (χ2n) is 4.01. The van der Waals surface area contributed by atoms with Crippen molar-refractivity contribution in [3.63, 3.8) is 0 Å². The summed E-state index contributed by atoms with van der Waals surface area (Å²) in [7, 11) is 0. The molecule has 0 unspecified atom stereocenters. The van der Waals surface area contributed by atoms with Crippen LogP contribution < -0.4 is 11.1 Å². The Balaban J connectivity index is 2.86. The van der Waals surface area contributed by atoms with Crippen molar-refractivity contribution in [1.82, 2.24) is 10.3 Å². The Morgan fingerprint density at radius 1 is 1.21 bits per heavy atom. The molecule has 0 fully saturated rings. The first kappa shape index (κ1) is 15.0. The lowest BCUT2D eigenvalue weighted by molar-refractivity contribution is 0.0373. The zero-order valence-corrected chi connectivity index (χ0v) is 10.0. The van der Waals surface area contributed by atoms with Gasteiger partial charge >= 0.3 is 0 Å². The van der Waals surface area contributed by atoms with Crippen molar-refractivity contribution in [1.29, 1.82) is 0 Å². The Bertz CT molecular complexity index is 448. The molecule has 0 saturated heterocycles. The van der Waals surface area contributed by atoms with Gasteiger partial charge in [0.25, 0.3) is 5.91 Å². The Morgan fingerprint density at radius 3 is 2.16 bits per heavy atom. The van der Waals surface area contributed by atoms with Gasteiger partial charge in [-0.25, -0.2) is 0 Å². The van der Waals surface area contributed by atoms with Crippen LogP contribution in [0.15, 0.2) is 18.3 Å². The topological polar surface area (TPSA) is 146 Å². The highest BCUT2D eigenvalue weighted by molar-refractivity contribution is 5.95. The average Bonchev–Trinajstić information content (AvgIpc) is 2.45. The molecule has 0 aliphatic heterocycles. The van der Waals surface area contributed by atoms with Crippen LogP contribution in [0.4, 0.5) is 0 Å². The highest BCUT2D eigenvalue weighted by Crippen LogP contribution is 2.05. The van der Waals surface area contributed by atoms with Crippen LogP contribution in [-0.4, -0.2) is 57.5 Å². The van der Waals surface area contributed by atoms with E-state index >= 15 is 0 Å². The fourth-order valence-electron chi connectivity index (χ4n) is 1.25. The molecule has 104 valence electrons. The number of carbonyl (C=O) groups is 2. The Morgan fingerprint density at radius 2 is 1.79 bits per heavy atom. The van der Waals surface area contributed by atoms with E-state index in [1.807, 2.05) is 0 Å². The molecule has 0 aliphatic rings. The molecule has 1 heterocycles. The average molecular weight is 269 g/mol. The molecular formula is C11H15N3O5. The number of nitrogens with zero attached hydrogens (tertiary/aromatic N) is 1.